The van der Waals surface area contributed by atoms with Gasteiger partial charge in [0.25, 0.3) is 0 Å². The molecule has 12 heteroatoms. The fraction of sp³-hybridized carbons (Fsp3) is 0.385. The maximum atomic E-state index is 15.7. The number of carbonyl (C=O) groups excluding carboxylic acids is 2. The third kappa shape index (κ3) is 4.76. The molecule has 4 bridgehead atoms. The van der Waals surface area contributed by atoms with Crippen molar-refractivity contribution in [2.75, 3.05) is 39.3 Å². The molecular formula is C52H48F2N8O2. The molecule has 10 heterocycles. The number of rotatable bonds is 7. The van der Waals surface area contributed by atoms with Gasteiger partial charge in [0.15, 0.2) is 11.3 Å². The van der Waals surface area contributed by atoms with E-state index in [0.29, 0.717) is 24.0 Å². The topological polar surface area (TPSA) is 104 Å². The van der Waals surface area contributed by atoms with Crippen molar-refractivity contribution in [1.82, 2.24) is 39.5 Å². The highest BCUT2D eigenvalue weighted by Crippen LogP contribution is 2.59. The van der Waals surface area contributed by atoms with Crippen molar-refractivity contribution in [3.05, 3.63) is 119 Å². The van der Waals surface area contributed by atoms with E-state index in [2.05, 4.69) is 63.8 Å². The number of hydrogen-bond acceptors (Lipinski definition) is 8. The van der Waals surface area contributed by atoms with Gasteiger partial charge in [0.05, 0.1) is 23.4 Å². The molecule has 6 atom stereocenters. The van der Waals surface area contributed by atoms with Crippen molar-refractivity contribution < 1.29 is 18.4 Å². The number of benzene rings is 4. The molecule has 6 aliphatic heterocycles. The molecule has 4 aromatic heterocycles. The van der Waals surface area contributed by atoms with Gasteiger partial charge in [0.2, 0.25) is 11.6 Å². The van der Waals surface area contributed by atoms with Gasteiger partial charge in [0, 0.05) is 95.2 Å². The first-order chi connectivity index (χ1) is 31.3. The minimum Gasteiger partial charge on any atom is -0.338 e. The van der Waals surface area contributed by atoms with E-state index in [9.17, 15) is 0 Å². The summed E-state index contributed by atoms with van der Waals surface area (Å²) < 4.78 is 31.4. The highest BCUT2D eigenvalue weighted by atomic mass is 19.1. The zero-order valence-electron chi connectivity index (χ0n) is 35.5. The quantitative estimate of drug-likeness (QED) is 0.153. The number of likely N-dealkylation sites (tertiary alicyclic amines) is 2. The summed E-state index contributed by atoms with van der Waals surface area (Å²) >= 11 is 0. The van der Waals surface area contributed by atoms with Gasteiger partial charge in [-0.3, -0.25) is 29.2 Å². The molecule has 4 unspecified atom stereocenters. The van der Waals surface area contributed by atoms with Gasteiger partial charge in [-0.15, -0.1) is 0 Å². The zero-order valence-corrected chi connectivity index (χ0v) is 35.5. The maximum absolute atomic E-state index is 15.7. The van der Waals surface area contributed by atoms with Gasteiger partial charge >= 0.3 is 0 Å². The number of fused-ring (bicyclic) bond motifs is 18. The molecule has 4 saturated heterocycles. The Hall–Kier alpha value is -5.66. The van der Waals surface area contributed by atoms with Gasteiger partial charge < -0.3 is 9.97 Å². The number of ketones is 2. The minimum atomic E-state index is -1.13. The fourth-order valence-electron chi connectivity index (χ4n) is 13.8. The molecule has 4 fully saturated rings. The second kappa shape index (κ2) is 13.4. The number of nitrogens with one attached hydrogen (secondary N) is 2. The van der Waals surface area contributed by atoms with E-state index in [1.807, 2.05) is 60.9 Å². The number of nitrogens with zero attached hydrogens (tertiary/aromatic N) is 6. The van der Waals surface area contributed by atoms with Crippen molar-refractivity contribution in [2.24, 2.45) is 0 Å². The number of Topliss-reactive ketones (excluding diaryl/α,β-unsaturated/α-hetero) is 2. The molecule has 0 amide bonds. The SMILES string of the molecule is O=C(c1ccc(-c2ccc(C(=O)C3(N4CCCCC4)c4ccc5c6cnc([nH]6)c5c4C4C[C@H](F)CN43)cc2)cc1)C1(N2CCCCC2)c2ccc3c4cnc([nH]4)c3c2C2C[C@H](F)CN21. The summed E-state index contributed by atoms with van der Waals surface area (Å²) in [5.41, 5.74) is 8.31. The molecule has 2 N–H and O–H groups in total. The number of piperidine rings is 2. The predicted octanol–water partition coefficient (Wildman–Crippen LogP) is 9.53. The number of H-pyrrole nitrogens is 2. The third-order valence-corrected chi connectivity index (χ3v) is 16.3. The summed E-state index contributed by atoms with van der Waals surface area (Å²) in [6.07, 6.45) is 8.50. The van der Waals surface area contributed by atoms with Crippen molar-refractivity contribution in [3.63, 3.8) is 0 Å². The van der Waals surface area contributed by atoms with E-state index in [-0.39, 0.29) is 36.7 Å². The molecule has 322 valence electrons. The van der Waals surface area contributed by atoms with Crippen molar-refractivity contribution in [3.8, 4) is 11.1 Å². The molecule has 0 radical (unpaired) electrons. The monoisotopic (exact) mass is 854 g/mol. The van der Waals surface area contributed by atoms with Crippen LogP contribution in [0.1, 0.15) is 106 Å². The first-order valence-electron chi connectivity index (χ1n) is 23.4. The number of pyridine rings is 2. The van der Waals surface area contributed by atoms with Crippen LogP contribution in [0.25, 0.3) is 55.0 Å². The van der Waals surface area contributed by atoms with Crippen LogP contribution in [0.2, 0.25) is 0 Å². The number of hydrogen-bond donors (Lipinski definition) is 2. The average molecular weight is 855 g/mol. The van der Waals surface area contributed by atoms with E-state index in [0.717, 1.165) is 142 Å². The van der Waals surface area contributed by atoms with Crippen LogP contribution >= 0.6 is 0 Å². The molecule has 0 aliphatic carbocycles. The van der Waals surface area contributed by atoms with Crippen LogP contribution in [0.5, 0.6) is 0 Å². The minimum absolute atomic E-state index is 0.0226. The first kappa shape index (κ1) is 37.7. The number of aromatic amines is 2. The van der Waals surface area contributed by atoms with Crippen molar-refractivity contribution >= 4 is 55.4 Å². The molecule has 14 rings (SSSR count). The lowest BCUT2D eigenvalue weighted by molar-refractivity contribution is -0.0446. The first-order valence-corrected chi connectivity index (χ1v) is 23.4. The number of halogens is 2. The lowest BCUT2D eigenvalue weighted by atomic mass is 9.84. The number of alkyl halides is 2. The highest BCUT2D eigenvalue weighted by Gasteiger charge is 2.63. The van der Waals surface area contributed by atoms with Crippen LogP contribution in [-0.2, 0) is 11.3 Å². The third-order valence-electron chi connectivity index (χ3n) is 16.3. The van der Waals surface area contributed by atoms with Crippen molar-refractivity contribution in [1.29, 1.82) is 0 Å². The molecule has 8 aromatic rings. The highest BCUT2D eigenvalue weighted by molar-refractivity contribution is 6.14. The molecule has 0 saturated carbocycles. The fourth-order valence-corrected chi connectivity index (χ4v) is 13.8. The molecule has 64 heavy (non-hydrogen) atoms. The summed E-state index contributed by atoms with van der Waals surface area (Å²) in [6, 6.07) is 23.7. The second-order valence-electron chi connectivity index (χ2n) is 19.4. The van der Waals surface area contributed by atoms with Crippen LogP contribution in [-0.4, -0.2) is 103 Å². The largest absolute Gasteiger partial charge is 0.338 e. The molecule has 4 aromatic carbocycles. The molecule has 0 spiro atoms. The predicted molar refractivity (Wildman–Crippen MR) is 242 cm³/mol. The van der Waals surface area contributed by atoms with E-state index >= 15 is 18.4 Å². The zero-order chi connectivity index (χ0) is 42.6. The van der Waals surface area contributed by atoms with Crippen LogP contribution in [0.4, 0.5) is 8.78 Å². The van der Waals surface area contributed by atoms with E-state index in [1.54, 1.807) is 0 Å². The Balaban J connectivity index is 0.830. The lowest BCUT2D eigenvalue weighted by Gasteiger charge is -2.48. The number of aromatic nitrogens is 4. The standard InChI is InChI=1S/C52H48F2N8O2/c53-33-23-41-45-37(17-15-35-39-25-55-49(57-39)43(35)45)51(61(41)27-33,59-19-3-1-4-20-59)47(63)31-11-7-29(8-12-31)30-9-13-32(14-10-30)48(64)52(60-21-5-2-6-22-60)38-18-16-36-40-26-56-50(58-40)44(36)46(38)42-24-34(54)28-62(42)52/h7-18,25-26,33-34,41-42H,1-6,19-24,27-28H2,(H,55,57)(H,56,58)/t33-,34-,41?,42?,51?,52?/m0/s1. The Kier molecular flexibility index (Phi) is 7.92. The van der Waals surface area contributed by atoms with Crippen LogP contribution < -0.4 is 0 Å². The second-order valence-corrected chi connectivity index (χ2v) is 19.4. The van der Waals surface area contributed by atoms with E-state index < -0.39 is 23.7 Å². The molecule has 6 aliphatic rings. The summed E-state index contributed by atoms with van der Waals surface area (Å²) in [7, 11) is 0. The maximum Gasteiger partial charge on any atom is 0.202 e. The smallest absolute Gasteiger partial charge is 0.202 e. The molecular weight excluding hydrogens is 807 g/mol. The van der Waals surface area contributed by atoms with E-state index in [1.165, 1.54) is 0 Å². The van der Waals surface area contributed by atoms with Crippen LogP contribution in [0, 0.1) is 0 Å². The Labute approximate surface area is 368 Å². The van der Waals surface area contributed by atoms with Gasteiger partial charge in [-0.1, -0.05) is 85.6 Å². The van der Waals surface area contributed by atoms with Gasteiger partial charge in [-0.2, -0.15) is 0 Å². The van der Waals surface area contributed by atoms with Gasteiger partial charge in [0.1, 0.15) is 23.6 Å². The average Bonchev–Trinajstić information content (AvgIpc) is 4.23. The summed E-state index contributed by atoms with van der Waals surface area (Å²) in [4.78, 5) is 56.3. The Morgan fingerprint density at radius 2 is 0.953 bits per heavy atom. The summed E-state index contributed by atoms with van der Waals surface area (Å²) in [5, 5.41) is 4.20. The lowest BCUT2D eigenvalue weighted by Crippen LogP contribution is -2.61. The van der Waals surface area contributed by atoms with E-state index in [4.69, 9.17) is 0 Å². The van der Waals surface area contributed by atoms with Gasteiger partial charge in [-0.05, 0) is 60.8 Å². The molecule has 10 nitrogen and oxygen atoms in total. The number of imidazole rings is 2. The summed E-state index contributed by atoms with van der Waals surface area (Å²) in [6.45, 7) is 3.46. The summed E-state index contributed by atoms with van der Waals surface area (Å²) in [5.74, 6) is -0.0452. The van der Waals surface area contributed by atoms with Crippen LogP contribution in [0.3, 0.4) is 0 Å². The normalized spacial score (nSPS) is 28.8. The van der Waals surface area contributed by atoms with Gasteiger partial charge in [-0.25, -0.2) is 18.7 Å². The Bertz CT molecular complexity index is 2960. The van der Waals surface area contributed by atoms with Crippen molar-refractivity contribution in [2.45, 2.75) is 87.1 Å². The Morgan fingerprint density at radius 1 is 0.547 bits per heavy atom. The Morgan fingerprint density at radius 3 is 1.36 bits per heavy atom. The number of carbonyl (C=O) groups is 2. The van der Waals surface area contributed by atoms with Crippen LogP contribution in [0.15, 0.2) is 85.2 Å².